The first-order valence-corrected chi connectivity index (χ1v) is 6.09. The van der Waals surface area contributed by atoms with Gasteiger partial charge in [-0.2, -0.15) is 4.98 Å². The molecular formula is C11H17ClN4O. The summed E-state index contributed by atoms with van der Waals surface area (Å²) in [6.07, 6.45) is 0.636. The number of aliphatic hydroxyl groups is 1. The molecule has 94 valence electrons. The van der Waals surface area contributed by atoms with Crippen molar-refractivity contribution >= 4 is 23.1 Å². The Labute approximate surface area is 106 Å². The van der Waals surface area contributed by atoms with Gasteiger partial charge in [-0.05, 0) is 31.9 Å². The summed E-state index contributed by atoms with van der Waals surface area (Å²) in [7, 11) is 0. The van der Waals surface area contributed by atoms with Gasteiger partial charge < -0.3 is 15.7 Å². The first-order valence-electron chi connectivity index (χ1n) is 5.71. The molecule has 1 saturated heterocycles. The average molecular weight is 257 g/mol. The SMILES string of the molecule is Cc1nc(Cl)nc(N2CCC(C(C)O)C2)c1N. The molecular weight excluding hydrogens is 240 g/mol. The van der Waals surface area contributed by atoms with Crippen molar-refractivity contribution in [2.75, 3.05) is 23.7 Å². The Morgan fingerprint density at radius 2 is 2.24 bits per heavy atom. The number of rotatable bonds is 2. The van der Waals surface area contributed by atoms with Crippen molar-refractivity contribution in [1.82, 2.24) is 9.97 Å². The highest BCUT2D eigenvalue weighted by Gasteiger charge is 2.28. The second-order valence-electron chi connectivity index (χ2n) is 4.55. The van der Waals surface area contributed by atoms with Crippen LogP contribution >= 0.6 is 11.6 Å². The van der Waals surface area contributed by atoms with Crippen LogP contribution in [0.15, 0.2) is 0 Å². The van der Waals surface area contributed by atoms with Gasteiger partial charge in [-0.3, -0.25) is 0 Å². The fourth-order valence-corrected chi connectivity index (χ4v) is 2.35. The van der Waals surface area contributed by atoms with E-state index in [-0.39, 0.29) is 17.3 Å². The number of aromatic nitrogens is 2. The molecule has 2 rings (SSSR count). The number of anilines is 2. The van der Waals surface area contributed by atoms with Gasteiger partial charge in [0.2, 0.25) is 5.28 Å². The van der Waals surface area contributed by atoms with Crippen LogP contribution in [0.4, 0.5) is 11.5 Å². The van der Waals surface area contributed by atoms with Gasteiger partial charge in [0.25, 0.3) is 0 Å². The van der Waals surface area contributed by atoms with Crippen LogP contribution in [0.1, 0.15) is 19.0 Å². The summed E-state index contributed by atoms with van der Waals surface area (Å²) in [5.74, 6) is 0.953. The van der Waals surface area contributed by atoms with E-state index in [0.717, 1.165) is 19.5 Å². The third-order valence-corrected chi connectivity index (χ3v) is 3.46. The number of nitrogens with zero attached hydrogens (tertiary/aromatic N) is 3. The van der Waals surface area contributed by atoms with Crippen molar-refractivity contribution in [3.05, 3.63) is 11.0 Å². The molecule has 17 heavy (non-hydrogen) atoms. The van der Waals surface area contributed by atoms with Gasteiger partial charge in [0, 0.05) is 19.0 Å². The molecule has 1 aromatic rings. The molecule has 2 unspecified atom stereocenters. The molecule has 0 amide bonds. The quantitative estimate of drug-likeness (QED) is 0.779. The van der Waals surface area contributed by atoms with E-state index in [4.69, 9.17) is 17.3 Å². The number of halogens is 1. The zero-order chi connectivity index (χ0) is 12.6. The van der Waals surface area contributed by atoms with Crippen molar-refractivity contribution in [3.63, 3.8) is 0 Å². The minimum atomic E-state index is -0.306. The average Bonchev–Trinajstić information content (AvgIpc) is 2.72. The van der Waals surface area contributed by atoms with Gasteiger partial charge in [0.05, 0.1) is 17.5 Å². The van der Waals surface area contributed by atoms with Crippen molar-refractivity contribution < 1.29 is 5.11 Å². The van der Waals surface area contributed by atoms with Crippen LogP contribution in [-0.4, -0.2) is 34.3 Å². The fourth-order valence-electron chi connectivity index (χ4n) is 2.15. The third kappa shape index (κ3) is 2.45. The molecule has 3 N–H and O–H groups in total. The molecule has 0 spiro atoms. The second-order valence-corrected chi connectivity index (χ2v) is 4.89. The molecule has 6 heteroatoms. The largest absolute Gasteiger partial charge is 0.394 e. The minimum absolute atomic E-state index is 0.215. The maximum atomic E-state index is 9.58. The van der Waals surface area contributed by atoms with E-state index in [9.17, 15) is 5.11 Å². The zero-order valence-electron chi connectivity index (χ0n) is 10.0. The monoisotopic (exact) mass is 256 g/mol. The maximum absolute atomic E-state index is 9.58. The van der Waals surface area contributed by atoms with Gasteiger partial charge in [-0.25, -0.2) is 4.98 Å². The molecule has 0 aliphatic carbocycles. The summed E-state index contributed by atoms with van der Waals surface area (Å²) in [4.78, 5) is 10.3. The molecule has 0 bridgehead atoms. The Kier molecular flexibility index (Phi) is 3.40. The van der Waals surface area contributed by atoms with Gasteiger partial charge in [-0.15, -0.1) is 0 Å². The number of aryl methyl sites for hydroxylation is 1. The van der Waals surface area contributed by atoms with E-state index in [2.05, 4.69) is 14.9 Å². The van der Waals surface area contributed by atoms with E-state index in [1.54, 1.807) is 0 Å². The van der Waals surface area contributed by atoms with Crippen LogP contribution in [0.5, 0.6) is 0 Å². The Morgan fingerprint density at radius 1 is 1.53 bits per heavy atom. The summed E-state index contributed by atoms with van der Waals surface area (Å²) in [5, 5.41) is 9.79. The lowest BCUT2D eigenvalue weighted by Gasteiger charge is -2.20. The Balaban J connectivity index is 2.24. The molecule has 2 atom stereocenters. The summed E-state index contributed by atoms with van der Waals surface area (Å²) in [5.41, 5.74) is 7.23. The molecule has 2 heterocycles. The van der Waals surface area contributed by atoms with E-state index >= 15 is 0 Å². The maximum Gasteiger partial charge on any atom is 0.224 e. The van der Waals surface area contributed by atoms with Crippen LogP contribution in [0.3, 0.4) is 0 Å². The van der Waals surface area contributed by atoms with Crippen LogP contribution in [0.2, 0.25) is 5.28 Å². The Hall–Kier alpha value is -1.07. The number of hydrogen-bond acceptors (Lipinski definition) is 5. The fraction of sp³-hybridized carbons (Fsp3) is 0.636. The zero-order valence-corrected chi connectivity index (χ0v) is 10.8. The summed E-state index contributed by atoms with van der Waals surface area (Å²) in [6.45, 7) is 5.23. The predicted molar refractivity (Wildman–Crippen MR) is 68.2 cm³/mol. The van der Waals surface area contributed by atoms with Crippen LogP contribution in [-0.2, 0) is 0 Å². The highest BCUT2D eigenvalue weighted by Crippen LogP contribution is 2.30. The van der Waals surface area contributed by atoms with Gasteiger partial charge in [-0.1, -0.05) is 0 Å². The highest BCUT2D eigenvalue weighted by molar-refractivity contribution is 6.28. The summed E-state index contributed by atoms with van der Waals surface area (Å²) in [6, 6.07) is 0. The van der Waals surface area contributed by atoms with Crippen molar-refractivity contribution in [1.29, 1.82) is 0 Å². The number of aliphatic hydroxyl groups excluding tert-OH is 1. The van der Waals surface area contributed by atoms with E-state index in [1.165, 1.54) is 0 Å². The Morgan fingerprint density at radius 3 is 2.82 bits per heavy atom. The van der Waals surface area contributed by atoms with Gasteiger partial charge >= 0.3 is 0 Å². The van der Waals surface area contributed by atoms with Crippen molar-refractivity contribution in [2.24, 2.45) is 5.92 Å². The smallest absolute Gasteiger partial charge is 0.224 e. The van der Waals surface area contributed by atoms with Crippen LogP contribution < -0.4 is 10.6 Å². The Bertz CT molecular complexity index is 424. The number of nitrogens with two attached hydrogens (primary N) is 1. The number of hydrogen-bond donors (Lipinski definition) is 2. The molecule has 1 aromatic heterocycles. The molecule has 0 aromatic carbocycles. The topological polar surface area (TPSA) is 75.3 Å². The summed E-state index contributed by atoms with van der Waals surface area (Å²) >= 11 is 5.85. The third-order valence-electron chi connectivity index (χ3n) is 3.30. The van der Waals surface area contributed by atoms with Crippen LogP contribution in [0, 0.1) is 12.8 Å². The second kappa shape index (κ2) is 4.66. The minimum Gasteiger partial charge on any atom is -0.394 e. The van der Waals surface area contributed by atoms with E-state index in [0.29, 0.717) is 17.2 Å². The molecule has 1 aliphatic heterocycles. The van der Waals surface area contributed by atoms with Gasteiger partial charge in [0.15, 0.2) is 5.82 Å². The normalized spacial score (nSPS) is 21.9. The van der Waals surface area contributed by atoms with E-state index < -0.39 is 0 Å². The predicted octanol–water partition coefficient (Wildman–Crippen LogP) is 1.23. The lowest BCUT2D eigenvalue weighted by Crippen LogP contribution is -2.25. The molecule has 0 saturated carbocycles. The first kappa shape index (κ1) is 12.4. The molecule has 1 aliphatic rings. The standard InChI is InChI=1S/C11H17ClN4O/c1-6-9(13)10(15-11(12)14-6)16-4-3-8(5-16)7(2)17/h7-8,17H,3-5,13H2,1-2H3. The lowest BCUT2D eigenvalue weighted by atomic mass is 10.0. The first-order chi connectivity index (χ1) is 7.99. The van der Waals surface area contributed by atoms with Crippen molar-refractivity contribution in [3.8, 4) is 0 Å². The highest BCUT2D eigenvalue weighted by atomic mass is 35.5. The summed E-state index contributed by atoms with van der Waals surface area (Å²) < 4.78 is 0. The molecule has 0 radical (unpaired) electrons. The molecule has 1 fully saturated rings. The molecule has 5 nitrogen and oxygen atoms in total. The lowest BCUT2D eigenvalue weighted by molar-refractivity contribution is 0.136. The van der Waals surface area contributed by atoms with E-state index in [1.807, 2.05) is 13.8 Å². The van der Waals surface area contributed by atoms with Crippen molar-refractivity contribution in [2.45, 2.75) is 26.4 Å². The van der Waals surface area contributed by atoms with Gasteiger partial charge in [0.1, 0.15) is 0 Å². The van der Waals surface area contributed by atoms with Crippen LogP contribution in [0.25, 0.3) is 0 Å². The number of nitrogen functional groups attached to an aromatic ring is 1.